The number of hydrogen-bond acceptors (Lipinski definition) is 3. The minimum atomic E-state index is -0.588. The van der Waals surface area contributed by atoms with Crippen molar-refractivity contribution < 1.29 is 9.59 Å². The molecule has 2 aromatic carbocycles. The van der Waals surface area contributed by atoms with E-state index < -0.39 is 5.66 Å². The summed E-state index contributed by atoms with van der Waals surface area (Å²) in [7, 11) is 0. The van der Waals surface area contributed by atoms with Gasteiger partial charge in [0.2, 0.25) is 0 Å². The molecule has 5 nitrogen and oxygen atoms in total. The SMILES string of the molecule is O=C1NC2(CCN(C(=O)c3ccc(Cl)cc3Cl)CC2)Nc2cc(Cl)ccc21. The fourth-order valence-corrected chi connectivity index (χ4v) is 4.23. The third-order valence-electron chi connectivity index (χ3n) is 5.02. The summed E-state index contributed by atoms with van der Waals surface area (Å²) in [6.45, 7) is 0.974. The summed E-state index contributed by atoms with van der Waals surface area (Å²) in [6, 6.07) is 9.99. The molecular formula is C19H16Cl3N3O2. The van der Waals surface area contributed by atoms with Gasteiger partial charge in [-0.05, 0) is 36.4 Å². The maximum Gasteiger partial charge on any atom is 0.255 e. The molecule has 2 amide bonds. The number of piperidine rings is 1. The number of likely N-dealkylation sites (tertiary alicyclic amines) is 1. The summed E-state index contributed by atoms with van der Waals surface area (Å²) in [5.74, 6) is -0.280. The van der Waals surface area contributed by atoms with Crippen molar-refractivity contribution in [2.75, 3.05) is 18.4 Å². The van der Waals surface area contributed by atoms with E-state index in [1.807, 2.05) is 0 Å². The quantitative estimate of drug-likeness (QED) is 0.712. The predicted molar refractivity (Wildman–Crippen MR) is 107 cm³/mol. The first kappa shape index (κ1) is 18.4. The van der Waals surface area contributed by atoms with Crippen LogP contribution in [0.15, 0.2) is 36.4 Å². The zero-order valence-electron chi connectivity index (χ0n) is 14.2. The first-order valence-electron chi connectivity index (χ1n) is 8.51. The minimum Gasteiger partial charge on any atom is -0.362 e. The number of benzene rings is 2. The van der Waals surface area contributed by atoms with Gasteiger partial charge in [-0.25, -0.2) is 0 Å². The number of carbonyl (C=O) groups excluding carboxylic acids is 2. The van der Waals surface area contributed by atoms with Crippen molar-refractivity contribution >= 4 is 52.3 Å². The number of halogens is 3. The van der Waals surface area contributed by atoms with Crippen LogP contribution < -0.4 is 10.6 Å². The molecule has 2 N–H and O–H groups in total. The van der Waals surface area contributed by atoms with Gasteiger partial charge in [-0.15, -0.1) is 0 Å². The van der Waals surface area contributed by atoms with Crippen LogP contribution >= 0.6 is 34.8 Å². The lowest BCUT2D eigenvalue weighted by atomic mass is 9.92. The molecule has 2 aliphatic rings. The molecule has 1 fully saturated rings. The van der Waals surface area contributed by atoms with Crippen LogP contribution in [-0.4, -0.2) is 35.5 Å². The van der Waals surface area contributed by atoms with Crippen LogP contribution in [0.2, 0.25) is 15.1 Å². The molecular weight excluding hydrogens is 409 g/mol. The molecule has 1 saturated heterocycles. The van der Waals surface area contributed by atoms with Crippen LogP contribution in [0.25, 0.3) is 0 Å². The average molecular weight is 425 g/mol. The second-order valence-electron chi connectivity index (χ2n) is 6.77. The van der Waals surface area contributed by atoms with Crippen molar-refractivity contribution in [1.29, 1.82) is 0 Å². The number of amides is 2. The molecule has 0 bridgehead atoms. The molecule has 2 aliphatic heterocycles. The third kappa shape index (κ3) is 3.47. The lowest BCUT2D eigenvalue weighted by Crippen LogP contribution is -2.62. The minimum absolute atomic E-state index is 0.138. The molecule has 2 aromatic rings. The standard InChI is InChI=1S/C19H16Cl3N3O2/c20-11-1-3-13(15(22)9-11)18(27)25-7-5-19(6-8-25)23-16-10-12(21)2-4-14(16)17(26)24-19/h1-4,9-10,23H,5-8H2,(H,24,26). The highest BCUT2D eigenvalue weighted by atomic mass is 35.5. The molecule has 8 heteroatoms. The molecule has 2 heterocycles. The van der Waals surface area contributed by atoms with Gasteiger partial charge in [0.1, 0.15) is 5.66 Å². The number of carbonyl (C=O) groups is 2. The largest absolute Gasteiger partial charge is 0.362 e. The lowest BCUT2D eigenvalue weighted by molar-refractivity contribution is 0.0640. The van der Waals surface area contributed by atoms with Crippen molar-refractivity contribution in [2.45, 2.75) is 18.5 Å². The highest BCUT2D eigenvalue weighted by molar-refractivity contribution is 6.36. The molecule has 27 heavy (non-hydrogen) atoms. The Morgan fingerprint density at radius 1 is 0.963 bits per heavy atom. The Kier molecular flexibility index (Phi) is 4.70. The van der Waals surface area contributed by atoms with Crippen molar-refractivity contribution in [3.63, 3.8) is 0 Å². The van der Waals surface area contributed by atoms with Crippen molar-refractivity contribution in [2.24, 2.45) is 0 Å². The summed E-state index contributed by atoms with van der Waals surface area (Å²) < 4.78 is 0. The molecule has 0 radical (unpaired) electrons. The summed E-state index contributed by atoms with van der Waals surface area (Å²) in [4.78, 5) is 27.0. The smallest absolute Gasteiger partial charge is 0.255 e. The maximum absolute atomic E-state index is 12.8. The van der Waals surface area contributed by atoms with E-state index in [0.717, 1.165) is 0 Å². The van der Waals surface area contributed by atoms with Gasteiger partial charge >= 0.3 is 0 Å². The molecule has 140 valence electrons. The molecule has 0 saturated carbocycles. The molecule has 0 aromatic heterocycles. The zero-order valence-corrected chi connectivity index (χ0v) is 16.5. The summed E-state index contributed by atoms with van der Waals surface area (Å²) in [5, 5.41) is 7.84. The van der Waals surface area contributed by atoms with Gasteiger partial charge in [0, 0.05) is 36.0 Å². The summed E-state index contributed by atoms with van der Waals surface area (Å²) in [5.41, 5.74) is 1.12. The van der Waals surface area contributed by atoms with E-state index in [9.17, 15) is 9.59 Å². The van der Waals surface area contributed by atoms with Gasteiger partial charge in [-0.1, -0.05) is 34.8 Å². The molecule has 4 rings (SSSR count). The summed E-state index contributed by atoms with van der Waals surface area (Å²) in [6.07, 6.45) is 1.14. The topological polar surface area (TPSA) is 61.4 Å². The Bertz CT molecular complexity index is 940. The fourth-order valence-electron chi connectivity index (χ4n) is 3.57. The van der Waals surface area contributed by atoms with E-state index >= 15 is 0 Å². The Hall–Kier alpha value is -1.95. The van der Waals surface area contributed by atoms with Crippen LogP contribution in [0.4, 0.5) is 5.69 Å². The van der Waals surface area contributed by atoms with Crippen molar-refractivity contribution in [3.8, 4) is 0 Å². The van der Waals surface area contributed by atoms with Crippen molar-refractivity contribution in [1.82, 2.24) is 10.2 Å². The third-order valence-corrected chi connectivity index (χ3v) is 5.80. The maximum atomic E-state index is 12.8. The fraction of sp³-hybridized carbons (Fsp3) is 0.263. The number of rotatable bonds is 1. The Balaban J connectivity index is 1.50. The van der Waals surface area contributed by atoms with Gasteiger partial charge in [-0.3, -0.25) is 9.59 Å². The van der Waals surface area contributed by atoms with E-state index in [1.54, 1.807) is 41.3 Å². The van der Waals surface area contributed by atoms with E-state index in [4.69, 9.17) is 34.8 Å². The van der Waals surface area contributed by atoms with Gasteiger partial charge in [0.15, 0.2) is 0 Å². The van der Waals surface area contributed by atoms with Gasteiger partial charge in [0.25, 0.3) is 11.8 Å². The van der Waals surface area contributed by atoms with Crippen LogP contribution in [0.5, 0.6) is 0 Å². The average Bonchev–Trinajstić information content (AvgIpc) is 2.61. The van der Waals surface area contributed by atoms with Crippen LogP contribution in [-0.2, 0) is 0 Å². The normalized spacial score (nSPS) is 17.9. The zero-order chi connectivity index (χ0) is 19.2. The molecule has 0 unspecified atom stereocenters. The van der Waals surface area contributed by atoms with Gasteiger partial charge < -0.3 is 15.5 Å². The monoisotopic (exact) mass is 423 g/mol. The van der Waals surface area contributed by atoms with E-state index in [0.29, 0.717) is 57.8 Å². The number of anilines is 1. The molecule has 0 aliphatic carbocycles. The number of fused-ring (bicyclic) bond motifs is 1. The highest BCUT2D eigenvalue weighted by Gasteiger charge is 2.41. The van der Waals surface area contributed by atoms with E-state index in [1.165, 1.54) is 0 Å². The first-order chi connectivity index (χ1) is 12.9. The van der Waals surface area contributed by atoms with Gasteiger partial charge in [-0.2, -0.15) is 0 Å². The van der Waals surface area contributed by atoms with Crippen LogP contribution in [0.3, 0.4) is 0 Å². The number of hydrogen-bond donors (Lipinski definition) is 2. The van der Waals surface area contributed by atoms with Gasteiger partial charge in [0.05, 0.1) is 21.8 Å². The Morgan fingerprint density at radius 3 is 2.33 bits per heavy atom. The second-order valence-corrected chi connectivity index (χ2v) is 8.05. The lowest BCUT2D eigenvalue weighted by Gasteiger charge is -2.46. The van der Waals surface area contributed by atoms with Crippen LogP contribution in [0, 0.1) is 0 Å². The summed E-state index contributed by atoms with van der Waals surface area (Å²) >= 11 is 18.1. The molecule has 0 atom stereocenters. The predicted octanol–water partition coefficient (Wildman–Crippen LogP) is 4.43. The van der Waals surface area contributed by atoms with Crippen LogP contribution in [0.1, 0.15) is 33.6 Å². The van der Waals surface area contributed by atoms with Crippen molar-refractivity contribution in [3.05, 3.63) is 62.6 Å². The first-order valence-corrected chi connectivity index (χ1v) is 9.65. The number of nitrogens with zero attached hydrogens (tertiary/aromatic N) is 1. The Morgan fingerprint density at radius 2 is 1.63 bits per heavy atom. The molecule has 1 spiro atoms. The second kappa shape index (κ2) is 6.89. The highest BCUT2D eigenvalue weighted by Crippen LogP contribution is 2.33. The van der Waals surface area contributed by atoms with E-state index in [2.05, 4.69) is 10.6 Å². The van der Waals surface area contributed by atoms with E-state index in [-0.39, 0.29) is 11.8 Å². The number of nitrogens with one attached hydrogen (secondary N) is 2. The Labute approximate surface area is 171 Å².